The Balaban J connectivity index is 1.99. The summed E-state index contributed by atoms with van der Waals surface area (Å²) in [5.74, 6) is 0. The number of hydrogen-bond acceptors (Lipinski definition) is 4. The van der Waals surface area contributed by atoms with Gasteiger partial charge in [0.05, 0.1) is 17.6 Å². The molecule has 118 valence electrons. The summed E-state index contributed by atoms with van der Waals surface area (Å²) < 4.78 is 5.44. The summed E-state index contributed by atoms with van der Waals surface area (Å²) in [7, 11) is 2.17. The Labute approximate surface area is 128 Å². The van der Waals surface area contributed by atoms with Crippen molar-refractivity contribution in [2.45, 2.75) is 51.6 Å². The number of ether oxygens (including phenoxy) is 1. The third-order valence-corrected chi connectivity index (χ3v) is 4.32. The molecule has 0 bridgehead atoms. The molecule has 1 aromatic heterocycles. The average Bonchev–Trinajstić information content (AvgIpc) is 2.56. The number of aromatic nitrogens is 1. The van der Waals surface area contributed by atoms with Gasteiger partial charge in [0, 0.05) is 32.3 Å². The lowest BCUT2D eigenvalue weighted by Gasteiger charge is -2.32. The van der Waals surface area contributed by atoms with Gasteiger partial charge in [0.2, 0.25) is 0 Å². The maximum Gasteiger partial charge on any atom is 0.0574 e. The summed E-state index contributed by atoms with van der Waals surface area (Å²) in [5.41, 5.74) is 2.35. The molecule has 4 nitrogen and oxygen atoms in total. The first kappa shape index (κ1) is 16.2. The lowest BCUT2D eigenvalue weighted by Crippen LogP contribution is -2.36. The molecular formula is C17H29N3O. The van der Waals surface area contributed by atoms with Gasteiger partial charge in [-0.1, -0.05) is 13.8 Å². The molecule has 1 aromatic rings. The Hall–Kier alpha value is -1.13. The molecule has 1 saturated heterocycles. The number of anilines is 1. The molecule has 4 heteroatoms. The summed E-state index contributed by atoms with van der Waals surface area (Å²) in [6, 6.07) is 5.31. The van der Waals surface area contributed by atoms with Gasteiger partial charge in [-0.25, -0.2) is 0 Å². The third-order valence-electron chi connectivity index (χ3n) is 4.32. The van der Waals surface area contributed by atoms with Crippen LogP contribution in [0.4, 0.5) is 5.69 Å². The predicted molar refractivity (Wildman–Crippen MR) is 87.8 cm³/mol. The fourth-order valence-corrected chi connectivity index (χ4v) is 2.87. The van der Waals surface area contributed by atoms with E-state index in [9.17, 15) is 0 Å². The highest BCUT2D eigenvalue weighted by Gasteiger charge is 2.19. The summed E-state index contributed by atoms with van der Waals surface area (Å²) in [6.45, 7) is 7.19. The molecule has 1 fully saturated rings. The highest BCUT2D eigenvalue weighted by Crippen LogP contribution is 2.22. The van der Waals surface area contributed by atoms with Crippen LogP contribution in [0.2, 0.25) is 0 Å². The minimum Gasteiger partial charge on any atom is -0.381 e. The van der Waals surface area contributed by atoms with E-state index < -0.39 is 0 Å². The molecule has 2 heterocycles. The second kappa shape index (κ2) is 8.35. The molecule has 2 rings (SSSR count). The predicted octanol–water partition coefficient (Wildman–Crippen LogP) is 3.15. The number of rotatable bonds is 7. The Morgan fingerprint density at radius 2 is 2.10 bits per heavy atom. The Morgan fingerprint density at radius 3 is 2.67 bits per heavy atom. The average molecular weight is 291 g/mol. The van der Waals surface area contributed by atoms with E-state index in [0.717, 1.165) is 51.1 Å². The van der Waals surface area contributed by atoms with Crippen LogP contribution in [0.15, 0.2) is 18.3 Å². The number of pyridine rings is 1. The van der Waals surface area contributed by atoms with E-state index in [0.29, 0.717) is 12.1 Å². The summed E-state index contributed by atoms with van der Waals surface area (Å²) in [6.07, 6.45) is 6.45. The quantitative estimate of drug-likeness (QED) is 0.837. The van der Waals surface area contributed by atoms with Crippen molar-refractivity contribution in [3.05, 3.63) is 24.0 Å². The van der Waals surface area contributed by atoms with E-state index in [1.54, 1.807) is 0 Å². The van der Waals surface area contributed by atoms with Gasteiger partial charge >= 0.3 is 0 Å². The molecule has 1 atom stereocenters. The molecule has 0 radical (unpaired) electrons. The van der Waals surface area contributed by atoms with Gasteiger partial charge in [0.1, 0.15) is 0 Å². The smallest absolute Gasteiger partial charge is 0.0574 e. The van der Waals surface area contributed by atoms with Gasteiger partial charge < -0.3 is 15.0 Å². The molecule has 0 spiro atoms. The van der Waals surface area contributed by atoms with Gasteiger partial charge in [-0.2, -0.15) is 0 Å². The maximum atomic E-state index is 5.44. The number of hydrogen-bond donors (Lipinski definition) is 1. The number of nitrogens with one attached hydrogen (secondary N) is 1. The summed E-state index contributed by atoms with van der Waals surface area (Å²) in [5, 5.41) is 3.55. The second-order valence-corrected chi connectivity index (χ2v) is 5.81. The Morgan fingerprint density at radius 1 is 1.33 bits per heavy atom. The van der Waals surface area contributed by atoms with E-state index in [1.807, 2.05) is 6.20 Å². The summed E-state index contributed by atoms with van der Waals surface area (Å²) in [4.78, 5) is 7.03. The molecule has 0 amide bonds. The van der Waals surface area contributed by atoms with Crippen molar-refractivity contribution in [1.29, 1.82) is 0 Å². The van der Waals surface area contributed by atoms with Crippen molar-refractivity contribution >= 4 is 5.69 Å². The zero-order valence-electron chi connectivity index (χ0n) is 13.6. The standard InChI is InChI=1S/C17H29N3O/c1-4-10-18-16(5-2)17-7-6-15(13-19-17)20(3)14-8-11-21-12-9-14/h6-7,13-14,16,18H,4-5,8-12H2,1-3H3. The van der Waals surface area contributed by atoms with Crippen LogP contribution in [-0.2, 0) is 4.74 Å². The van der Waals surface area contributed by atoms with Crippen molar-refractivity contribution in [3.8, 4) is 0 Å². The Kier molecular flexibility index (Phi) is 6.46. The molecule has 21 heavy (non-hydrogen) atoms. The first-order chi connectivity index (χ1) is 10.3. The van der Waals surface area contributed by atoms with Gasteiger partial charge in [-0.3, -0.25) is 4.98 Å². The van der Waals surface area contributed by atoms with Crippen LogP contribution in [0.25, 0.3) is 0 Å². The molecule has 1 aliphatic rings. The van der Waals surface area contributed by atoms with Gasteiger partial charge in [-0.15, -0.1) is 0 Å². The van der Waals surface area contributed by atoms with E-state index in [-0.39, 0.29) is 0 Å². The van der Waals surface area contributed by atoms with Gasteiger partial charge in [-0.05, 0) is 44.4 Å². The van der Waals surface area contributed by atoms with E-state index in [2.05, 4.69) is 48.2 Å². The normalized spacial score (nSPS) is 17.7. The van der Waals surface area contributed by atoms with Crippen molar-refractivity contribution in [2.75, 3.05) is 31.7 Å². The monoisotopic (exact) mass is 291 g/mol. The van der Waals surface area contributed by atoms with E-state index in [4.69, 9.17) is 4.74 Å². The zero-order chi connectivity index (χ0) is 15.1. The lowest BCUT2D eigenvalue weighted by molar-refractivity contribution is 0.0855. The van der Waals surface area contributed by atoms with Gasteiger partial charge in [0.15, 0.2) is 0 Å². The van der Waals surface area contributed by atoms with Crippen molar-refractivity contribution in [3.63, 3.8) is 0 Å². The first-order valence-corrected chi connectivity index (χ1v) is 8.26. The fourth-order valence-electron chi connectivity index (χ4n) is 2.87. The topological polar surface area (TPSA) is 37.4 Å². The zero-order valence-corrected chi connectivity index (χ0v) is 13.6. The van der Waals surface area contributed by atoms with Crippen molar-refractivity contribution in [1.82, 2.24) is 10.3 Å². The largest absolute Gasteiger partial charge is 0.381 e. The van der Waals surface area contributed by atoms with Crippen LogP contribution in [-0.4, -0.2) is 37.8 Å². The third kappa shape index (κ3) is 4.42. The molecule has 1 unspecified atom stereocenters. The van der Waals surface area contributed by atoms with Crippen LogP contribution in [0.5, 0.6) is 0 Å². The SMILES string of the molecule is CCCNC(CC)c1ccc(N(C)C2CCOCC2)cn1. The van der Waals surface area contributed by atoms with Crippen LogP contribution in [0.3, 0.4) is 0 Å². The van der Waals surface area contributed by atoms with Crippen LogP contribution >= 0.6 is 0 Å². The molecule has 0 aliphatic carbocycles. The van der Waals surface area contributed by atoms with E-state index in [1.165, 1.54) is 5.69 Å². The Bertz CT molecular complexity index is 401. The van der Waals surface area contributed by atoms with Crippen molar-refractivity contribution < 1.29 is 4.74 Å². The molecule has 1 aliphatic heterocycles. The van der Waals surface area contributed by atoms with Gasteiger partial charge in [0.25, 0.3) is 0 Å². The molecule has 1 N–H and O–H groups in total. The highest BCUT2D eigenvalue weighted by atomic mass is 16.5. The molecule has 0 saturated carbocycles. The van der Waals surface area contributed by atoms with Crippen LogP contribution in [0.1, 0.15) is 51.3 Å². The molecular weight excluding hydrogens is 262 g/mol. The van der Waals surface area contributed by atoms with E-state index >= 15 is 0 Å². The fraction of sp³-hybridized carbons (Fsp3) is 0.706. The number of nitrogens with zero attached hydrogens (tertiary/aromatic N) is 2. The van der Waals surface area contributed by atoms with Crippen molar-refractivity contribution in [2.24, 2.45) is 0 Å². The second-order valence-electron chi connectivity index (χ2n) is 5.81. The first-order valence-electron chi connectivity index (χ1n) is 8.26. The molecule has 0 aromatic carbocycles. The maximum absolute atomic E-state index is 5.44. The summed E-state index contributed by atoms with van der Waals surface area (Å²) >= 11 is 0. The van der Waals surface area contributed by atoms with Crippen LogP contribution < -0.4 is 10.2 Å². The highest BCUT2D eigenvalue weighted by molar-refractivity contribution is 5.45. The minimum absolute atomic E-state index is 0.368. The van der Waals surface area contributed by atoms with Crippen LogP contribution in [0, 0.1) is 0 Å². The minimum atomic E-state index is 0.368. The lowest BCUT2D eigenvalue weighted by atomic mass is 10.1.